The highest BCUT2D eigenvalue weighted by atomic mass is 14.4. The van der Waals surface area contributed by atoms with E-state index in [1.165, 1.54) is 55.6 Å². The smallest absolute Gasteiger partial charge is 0.0159 e. The summed E-state index contributed by atoms with van der Waals surface area (Å²) in [5.74, 6) is 0. The number of hydrogen-bond acceptors (Lipinski definition) is 0. The zero-order valence-corrected chi connectivity index (χ0v) is 19.6. The number of aryl methyl sites for hydroxylation is 4. The van der Waals surface area contributed by atoms with Crippen LogP contribution in [0.2, 0.25) is 0 Å². The summed E-state index contributed by atoms with van der Waals surface area (Å²) in [5.41, 5.74) is 13.8. The molecule has 5 rings (SSSR count). The van der Waals surface area contributed by atoms with Gasteiger partial charge in [-0.05, 0) is 61.1 Å². The van der Waals surface area contributed by atoms with Gasteiger partial charge in [-0.2, -0.15) is 0 Å². The van der Waals surface area contributed by atoms with Gasteiger partial charge in [0.25, 0.3) is 0 Å². The maximum atomic E-state index is 2.34. The fourth-order valence-corrected chi connectivity index (χ4v) is 4.46. The molecule has 0 heterocycles. The standard InChI is InChI=1S/C17H18.C14H14/c1-11-5-7-13-14-8-6-12(2)10-16(14)17(3,4)15(13)9-11;1-11-3-7-13(8-4-11)14-9-5-12(2)6-10-14/h5-10H,1-4H3;3-10H,1-2H3. The minimum Gasteiger partial charge on any atom is -0.0587 e. The van der Waals surface area contributed by atoms with E-state index in [1.54, 1.807) is 0 Å². The van der Waals surface area contributed by atoms with Gasteiger partial charge in [0.2, 0.25) is 0 Å². The maximum absolute atomic E-state index is 2.34. The SMILES string of the molecule is Cc1ccc(-c2ccc(C)cc2)cc1.Cc1ccc2c(c1)C(C)(C)c1cc(C)ccc1-2. The lowest BCUT2D eigenvalue weighted by Crippen LogP contribution is -2.15. The predicted molar refractivity (Wildman–Crippen MR) is 135 cm³/mol. The van der Waals surface area contributed by atoms with E-state index in [2.05, 4.69) is 126 Å². The fourth-order valence-electron chi connectivity index (χ4n) is 4.46. The van der Waals surface area contributed by atoms with Crippen molar-refractivity contribution >= 4 is 0 Å². The van der Waals surface area contributed by atoms with Crippen LogP contribution >= 0.6 is 0 Å². The second-order valence-corrected chi connectivity index (χ2v) is 9.46. The van der Waals surface area contributed by atoms with Crippen LogP contribution < -0.4 is 0 Å². The molecule has 0 saturated heterocycles. The van der Waals surface area contributed by atoms with Gasteiger partial charge in [-0.15, -0.1) is 0 Å². The molecule has 0 aliphatic heterocycles. The number of rotatable bonds is 1. The largest absolute Gasteiger partial charge is 0.0587 e. The summed E-state index contributed by atoms with van der Waals surface area (Å²) in [5, 5.41) is 0. The molecule has 0 nitrogen and oxygen atoms in total. The first-order valence-electron chi connectivity index (χ1n) is 11.1. The molecule has 1 aliphatic carbocycles. The zero-order valence-electron chi connectivity index (χ0n) is 19.6. The summed E-state index contributed by atoms with van der Waals surface area (Å²) in [6.07, 6.45) is 0. The second-order valence-electron chi connectivity index (χ2n) is 9.46. The van der Waals surface area contributed by atoms with Gasteiger partial charge in [-0.3, -0.25) is 0 Å². The Bertz CT molecular complexity index is 1110. The van der Waals surface area contributed by atoms with Crippen molar-refractivity contribution < 1.29 is 0 Å². The highest BCUT2D eigenvalue weighted by Gasteiger charge is 2.35. The molecule has 31 heavy (non-hydrogen) atoms. The molecule has 1 aliphatic rings. The summed E-state index contributed by atoms with van der Waals surface area (Å²) in [4.78, 5) is 0. The van der Waals surface area contributed by atoms with Crippen LogP contribution in [0, 0.1) is 27.7 Å². The third-order valence-corrected chi connectivity index (χ3v) is 6.42. The van der Waals surface area contributed by atoms with Gasteiger partial charge in [0, 0.05) is 5.41 Å². The first-order chi connectivity index (χ1) is 14.8. The van der Waals surface area contributed by atoms with Crippen LogP contribution in [-0.4, -0.2) is 0 Å². The molecule has 0 amide bonds. The van der Waals surface area contributed by atoms with Crippen LogP contribution in [0.25, 0.3) is 22.3 Å². The molecule has 0 N–H and O–H groups in total. The van der Waals surface area contributed by atoms with Crippen LogP contribution in [0.4, 0.5) is 0 Å². The van der Waals surface area contributed by atoms with Crippen LogP contribution in [0.1, 0.15) is 47.2 Å². The molecule has 156 valence electrons. The topological polar surface area (TPSA) is 0 Å². The minimum absolute atomic E-state index is 0.142. The van der Waals surface area contributed by atoms with Gasteiger partial charge in [-0.25, -0.2) is 0 Å². The molecular weight excluding hydrogens is 372 g/mol. The molecule has 0 saturated carbocycles. The van der Waals surface area contributed by atoms with Gasteiger partial charge in [0.05, 0.1) is 0 Å². The van der Waals surface area contributed by atoms with Crippen molar-refractivity contribution in [2.24, 2.45) is 0 Å². The molecule has 0 fully saturated rings. The molecule has 0 aromatic heterocycles. The van der Waals surface area contributed by atoms with Crippen molar-refractivity contribution in [3.8, 4) is 22.3 Å². The van der Waals surface area contributed by atoms with E-state index in [0.717, 1.165) is 0 Å². The van der Waals surface area contributed by atoms with E-state index in [1.807, 2.05) is 0 Å². The Labute approximate surface area is 187 Å². The van der Waals surface area contributed by atoms with Gasteiger partial charge < -0.3 is 0 Å². The van der Waals surface area contributed by atoms with Crippen molar-refractivity contribution in [2.45, 2.75) is 47.0 Å². The Morgan fingerprint density at radius 1 is 0.419 bits per heavy atom. The number of benzene rings is 4. The summed E-state index contributed by atoms with van der Waals surface area (Å²) < 4.78 is 0. The minimum atomic E-state index is 0.142. The van der Waals surface area contributed by atoms with Crippen LogP contribution in [0.3, 0.4) is 0 Å². The Morgan fingerprint density at radius 2 is 0.742 bits per heavy atom. The predicted octanol–water partition coefficient (Wildman–Crippen LogP) is 8.58. The third kappa shape index (κ3) is 4.21. The molecule has 0 spiro atoms. The monoisotopic (exact) mass is 404 g/mol. The molecule has 0 unspecified atom stereocenters. The third-order valence-electron chi connectivity index (χ3n) is 6.42. The van der Waals surface area contributed by atoms with Crippen molar-refractivity contribution in [1.82, 2.24) is 0 Å². The second kappa shape index (κ2) is 8.19. The molecule has 0 heteroatoms. The van der Waals surface area contributed by atoms with Crippen LogP contribution in [-0.2, 0) is 5.41 Å². The van der Waals surface area contributed by atoms with Gasteiger partial charge >= 0.3 is 0 Å². The first kappa shape index (κ1) is 21.1. The van der Waals surface area contributed by atoms with E-state index in [4.69, 9.17) is 0 Å². The summed E-state index contributed by atoms with van der Waals surface area (Å²) in [6.45, 7) is 13.2. The highest BCUT2D eigenvalue weighted by Crippen LogP contribution is 2.48. The summed E-state index contributed by atoms with van der Waals surface area (Å²) in [6, 6.07) is 30.9. The van der Waals surface area contributed by atoms with Gasteiger partial charge in [-0.1, -0.05) is 121 Å². The number of hydrogen-bond donors (Lipinski definition) is 0. The Kier molecular flexibility index (Phi) is 5.58. The molecule has 0 atom stereocenters. The zero-order chi connectivity index (χ0) is 22.2. The van der Waals surface area contributed by atoms with Crippen LogP contribution in [0.15, 0.2) is 84.9 Å². The normalized spacial score (nSPS) is 13.1. The van der Waals surface area contributed by atoms with Gasteiger partial charge in [0.15, 0.2) is 0 Å². The lowest BCUT2D eigenvalue weighted by atomic mass is 9.81. The maximum Gasteiger partial charge on any atom is 0.0159 e. The average molecular weight is 405 g/mol. The lowest BCUT2D eigenvalue weighted by molar-refractivity contribution is 0.659. The molecular formula is C31H32. The van der Waals surface area contributed by atoms with E-state index in [9.17, 15) is 0 Å². The van der Waals surface area contributed by atoms with Gasteiger partial charge in [0.1, 0.15) is 0 Å². The molecule has 0 bridgehead atoms. The first-order valence-corrected chi connectivity index (χ1v) is 11.1. The van der Waals surface area contributed by atoms with Crippen molar-refractivity contribution in [1.29, 1.82) is 0 Å². The molecule has 4 aromatic rings. The molecule has 4 aromatic carbocycles. The summed E-state index contributed by atoms with van der Waals surface area (Å²) >= 11 is 0. The lowest BCUT2D eigenvalue weighted by Gasteiger charge is -2.22. The summed E-state index contributed by atoms with van der Waals surface area (Å²) in [7, 11) is 0. The Hall–Kier alpha value is -3.12. The molecule has 0 radical (unpaired) electrons. The number of fused-ring (bicyclic) bond motifs is 3. The van der Waals surface area contributed by atoms with E-state index < -0.39 is 0 Å². The van der Waals surface area contributed by atoms with E-state index in [0.29, 0.717) is 0 Å². The average Bonchev–Trinajstić information content (AvgIpc) is 2.96. The Morgan fingerprint density at radius 3 is 1.10 bits per heavy atom. The van der Waals surface area contributed by atoms with Crippen LogP contribution in [0.5, 0.6) is 0 Å². The van der Waals surface area contributed by atoms with E-state index in [-0.39, 0.29) is 5.41 Å². The van der Waals surface area contributed by atoms with Crippen molar-refractivity contribution in [3.63, 3.8) is 0 Å². The fraction of sp³-hybridized carbons (Fsp3) is 0.226. The van der Waals surface area contributed by atoms with Crippen molar-refractivity contribution in [3.05, 3.63) is 118 Å². The van der Waals surface area contributed by atoms with E-state index >= 15 is 0 Å². The van der Waals surface area contributed by atoms with Crippen molar-refractivity contribution in [2.75, 3.05) is 0 Å². The quantitative estimate of drug-likeness (QED) is 0.298. The highest BCUT2D eigenvalue weighted by molar-refractivity contribution is 5.81. The Balaban J connectivity index is 0.000000152.